The number of aliphatic carboxylic acids is 1. The van der Waals surface area contributed by atoms with Crippen LogP contribution in [-0.2, 0) is 17.8 Å². The highest BCUT2D eigenvalue weighted by atomic mass is 16.4. The van der Waals surface area contributed by atoms with Gasteiger partial charge < -0.3 is 31.1 Å². The highest BCUT2D eigenvalue weighted by Crippen LogP contribution is 2.28. The first-order valence-corrected chi connectivity index (χ1v) is 13.6. The SMILES string of the molecule is CCNC(=O)NCc1ccc(-c2ccc(N3CCC(Cc4nc(C)c(O)c(C(=O)NCC(=O)O)n4)CC3)cc2)cn1. The van der Waals surface area contributed by atoms with E-state index in [1.165, 1.54) is 0 Å². The molecule has 12 nitrogen and oxygen atoms in total. The van der Waals surface area contributed by atoms with Crippen molar-refractivity contribution in [3.05, 3.63) is 65.5 Å². The number of aromatic hydroxyl groups is 1. The zero-order chi connectivity index (χ0) is 29.4. The van der Waals surface area contributed by atoms with Gasteiger partial charge in [0.05, 0.1) is 17.9 Å². The molecule has 0 atom stereocenters. The maximum atomic E-state index is 12.3. The third-order valence-electron chi connectivity index (χ3n) is 6.96. The van der Waals surface area contributed by atoms with Crippen molar-refractivity contribution in [2.24, 2.45) is 5.92 Å². The minimum Gasteiger partial charge on any atom is -0.504 e. The Labute approximate surface area is 238 Å². The molecule has 1 aliphatic rings. The molecule has 0 bridgehead atoms. The Kier molecular flexibility index (Phi) is 9.67. The predicted octanol–water partition coefficient (Wildman–Crippen LogP) is 2.65. The van der Waals surface area contributed by atoms with Crippen LogP contribution >= 0.6 is 0 Å². The molecule has 2 aromatic heterocycles. The van der Waals surface area contributed by atoms with E-state index < -0.39 is 18.4 Å². The molecule has 216 valence electrons. The zero-order valence-corrected chi connectivity index (χ0v) is 23.2. The van der Waals surface area contributed by atoms with Gasteiger partial charge in [-0.25, -0.2) is 14.8 Å². The summed E-state index contributed by atoms with van der Waals surface area (Å²) >= 11 is 0. The van der Waals surface area contributed by atoms with Crippen LogP contribution < -0.4 is 20.9 Å². The highest BCUT2D eigenvalue weighted by Gasteiger charge is 2.23. The Balaban J connectivity index is 1.31. The first-order chi connectivity index (χ1) is 19.7. The number of carbonyl (C=O) groups is 3. The Morgan fingerprint density at radius 2 is 1.68 bits per heavy atom. The number of nitrogens with zero attached hydrogens (tertiary/aromatic N) is 4. The standard InChI is InChI=1S/C29H35N7O5/c1-3-30-29(41)33-16-22-7-4-21(15-31-22)20-5-8-23(9-6-20)36-12-10-19(11-13-36)14-24-34-18(2)27(39)26(35-24)28(40)32-17-25(37)38/h4-9,15,19,39H,3,10-14,16-17H2,1-2H3,(H,32,40)(H,37,38)(H2,30,33,41). The number of carbonyl (C=O) groups excluding carboxylic acids is 2. The number of carboxylic acids is 1. The Hall–Kier alpha value is -4.74. The molecule has 3 heterocycles. The van der Waals surface area contributed by atoms with Crippen molar-refractivity contribution in [3.63, 3.8) is 0 Å². The summed E-state index contributed by atoms with van der Waals surface area (Å²) in [7, 11) is 0. The fourth-order valence-corrected chi connectivity index (χ4v) is 4.73. The smallest absolute Gasteiger partial charge is 0.322 e. The lowest BCUT2D eigenvalue weighted by Gasteiger charge is -2.33. The molecule has 3 aromatic rings. The number of carboxylic acid groups (broad SMARTS) is 1. The van der Waals surface area contributed by atoms with Crippen LogP contribution in [0, 0.1) is 12.8 Å². The fraction of sp³-hybridized carbons (Fsp3) is 0.379. The number of aromatic nitrogens is 3. The van der Waals surface area contributed by atoms with E-state index in [0.717, 1.165) is 48.4 Å². The minimum atomic E-state index is -1.18. The van der Waals surface area contributed by atoms with Crippen molar-refractivity contribution in [1.82, 2.24) is 30.9 Å². The minimum absolute atomic E-state index is 0.202. The molecule has 0 radical (unpaired) electrons. The Morgan fingerprint density at radius 3 is 2.32 bits per heavy atom. The predicted molar refractivity (Wildman–Crippen MR) is 153 cm³/mol. The summed E-state index contributed by atoms with van der Waals surface area (Å²) in [6.45, 7) is 5.56. The topological polar surface area (TPSA) is 170 Å². The van der Waals surface area contributed by atoms with E-state index in [4.69, 9.17) is 5.11 Å². The fourth-order valence-electron chi connectivity index (χ4n) is 4.73. The van der Waals surface area contributed by atoms with Gasteiger partial charge in [0.15, 0.2) is 11.4 Å². The number of aryl methyl sites for hydroxylation is 1. The molecule has 3 amide bonds. The number of urea groups is 1. The molecule has 0 spiro atoms. The molecular formula is C29H35N7O5. The second kappa shape index (κ2) is 13.6. The number of hydrogen-bond donors (Lipinski definition) is 5. The number of pyridine rings is 1. The Morgan fingerprint density at radius 1 is 0.976 bits per heavy atom. The Bertz CT molecular complexity index is 1370. The van der Waals surface area contributed by atoms with Crippen molar-refractivity contribution in [2.75, 3.05) is 31.1 Å². The number of rotatable bonds is 10. The maximum Gasteiger partial charge on any atom is 0.322 e. The number of hydrogen-bond acceptors (Lipinski definition) is 8. The molecule has 5 N–H and O–H groups in total. The van der Waals surface area contributed by atoms with Crippen molar-refractivity contribution in [2.45, 2.75) is 39.7 Å². The van der Waals surface area contributed by atoms with Gasteiger partial charge in [-0.1, -0.05) is 18.2 Å². The normalized spacial score (nSPS) is 13.5. The second-order valence-corrected chi connectivity index (χ2v) is 9.93. The number of anilines is 1. The van der Waals surface area contributed by atoms with Gasteiger partial charge >= 0.3 is 12.0 Å². The average Bonchev–Trinajstić information content (AvgIpc) is 2.97. The van der Waals surface area contributed by atoms with Crippen LogP contribution in [0.3, 0.4) is 0 Å². The number of piperidine rings is 1. The largest absolute Gasteiger partial charge is 0.504 e. The quantitative estimate of drug-likeness (QED) is 0.250. The summed E-state index contributed by atoms with van der Waals surface area (Å²) in [4.78, 5) is 50.0. The van der Waals surface area contributed by atoms with Crippen molar-refractivity contribution >= 4 is 23.6 Å². The first kappa shape index (κ1) is 29.2. The van der Waals surface area contributed by atoms with Gasteiger partial charge in [-0.3, -0.25) is 14.6 Å². The molecule has 1 aromatic carbocycles. The van der Waals surface area contributed by atoms with Crippen LogP contribution in [-0.4, -0.2) is 69.3 Å². The summed E-state index contributed by atoms with van der Waals surface area (Å²) in [5.41, 5.74) is 4.06. The molecule has 41 heavy (non-hydrogen) atoms. The van der Waals surface area contributed by atoms with Gasteiger partial charge in [-0.15, -0.1) is 0 Å². The van der Waals surface area contributed by atoms with Crippen molar-refractivity contribution in [1.29, 1.82) is 0 Å². The number of nitrogens with one attached hydrogen (secondary N) is 3. The van der Waals surface area contributed by atoms with E-state index in [1.807, 2.05) is 25.3 Å². The first-order valence-electron chi connectivity index (χ1n) is 13.6. The molecule has 0 aliphatic carbocycles. The molecule has 1 saturated heterocycles. The molecule has 1 aliphatic heterocycles. The summed E-state index contributed by atoms with van der Waals surface area (Å²) in [6, 6.07) is 12.1. The van der Waals surface area contributed by atoms with E-state index in [1.54, 1.807) is 6.92 Å². The number of amides is 3. The van der Waals surface area contributed by atoms with Gasteiger partial charge in [0.25, 0.3) is 5.91 Å². The lowest BCUT2D eigenvalue weighted by molar-refractivity contribution is -0.135. The number of benzene rings is 1. The lowest BCUT2D eigenvalue weighted by atomic mass is 9.92. The molecule has 0 unspecified atom stereocenters. The van der Waals surface area contributed by atoms with Gasteiger partial charge in [0.1, 0.15) is 12.4 Å². The summed E-state index contributed by atoms with van der Waals surface area (Å²) in [5, 5.41) is 26.7. The van der Waals surface area contributed by atoms with E-state index in [0.29, 0.717) is 31.3 Å². The molecular weight excluding hydrogens is 526 g/mol. The summed E-state index contributed by atoms with van der Waals surface area (Å²) < 4.78 is 0. The van der Waals surface area contributed by atoms with Gasteiger partial charge in [-0.05, 0) is 56.4 Å². The van der Waals surface area contributed by atoms with Crippen LogP contribution in [0.2, 0.25) is 0 Å². The lowest BCUT2D eigenvalue weighted by Crippen LogP contribution is -2.34. The van der Waals surface area contributed by atoms with Crippen LogP contribution in [0.25, 0.3) is 11.1 Å². The van der Waals surface area contributed by atoms with Gasteiger partial charge in [0, 0.05) is 43.5 Å². The average molecular weight is 562 g/mol. The third kappa shape index (κ3) is 7.90. The molecule has 0 saturated carbocycles. The monoisotopic (exact) mass is 561 g/mol. The van der Waals surface area contributed by atoms with Gasteiger partial charge in [0.2, 0.25) is 0 Å². The van der Waals surface area contributed by atoms with Crippen molar-refractivity contribution in [3.8, 4) is 16.9 Å². The van der Waals surface area contributed by atoms with E-state index in [-0.39, 0.29) is 23.2 Å². The van der Waals surface area contributed by atoms with E-state index >= 15 is 0 Å². The summed E-state index contributed by atoms with van der Waals surface area (Å²) in [5.74, 6) is -1.48. The van der Waals surface area contributed by atoms with Crippen LogP contribution in [0.1, 0.15) is 47.5 Å². The second-order valence-electron chi connectivity index (χ2n) is 9.93. The van der Waals surface area contributed by atoms with Crippen molar-refractivity contribution < 1.29 is 24.6 Å². The van der Waals surface area contributed by atoms with Crippen LogP contribution in [0.4, 0.5) is 10.5 Å². The molecule has 12 heteroatoms. The molecule has 1 fully saturated rings. The van der Waals surface area contributed by atoms with Gasteiger partial charge in [-0.2, -0.15) is 0 Å². The highest BCUT2D eigenvalue weighted by molar-refractivity contribution is 5.96. The van der Waals surface area contributed by atoms with Crippen LogP contribution in [0.15, 0.2) is 42.6 Å². The van der Waals surface area contributed by atoms with Crippen LogP contribution in [0.5, 0.6) is 5.75 Å². The summed E-state index contributed by atoms with van der Waals surface area (Å²) in [6.07, 6.45) is 4.21. The van der Waals surface area contributed by atoms with E-state index in [9.17, 15) is 19.5 Å². The maximum absolute atomic E-state index is 12.3. The molecule has 4 rings (SSSR count). The third-order valence-corrected chi connectivity index (χ3v) is 6.96. The van der Waals surface area contributed by atoms with E-state index in [2.05, 4.69) is 60.1 Å². The zero-order valence-electron chi connectivity index (χ0n) is 23.2.